The van der Waals surface area contributed by atoms with Crippen LogP contribution in [0.1, 0.15) is 23.6 Å². The lowest BCUT2D eigenvalue weighted by atomic mass is 9.89. The van der Waals surface area contributed by atoms with Gasteiger partial charge in [0.1, 0.15) is 11.4 Å². The molecule has 4 rings (SSSR count). The van der Waals surface area contributed by atoms with E-state index in [0.29, 0.717) is 6.42 Å². The van der Waals surface area contributed by atoms with Crippen molar-refractivity contribution in [3.63, 3.8) is 0 Å². The van der Waals surface area contributed by atoms with Crippen molar-refractivity contribution in [3.05, 3.63) is 83.4 Å². The summed E-state index contributed by atoms with van der Waals surface area (Å²) >= 11 is 0. The fraction of sp³-hybridized carbons (Fsp3) is 0.182. The quantitative estimate of drug-likeness (QED) is 0.759. The maximum Gasteiger partial charge on any atom is 0.150 e. The monoisotopic (exact) mass is 316 g/mol. The van der Waals surface area contributed by atoms with Gasteiger partial charge >= 0.3 is 0 Å². The van der Waals surface area contributed by atoms with E-state index >= 15 is 0 Å². The van der Waals surface area contributed by atoms with Gasteiger partial charge in [0, 0.05) is 17.6 Å². The highest BCUT2D eigenvalue weighted by Crippen LogP contribution is 2.43. The molecule has 1 aliphatic rings. The van der Waals surface area contributed by atoms with E-state index in [1.54, 1.807) is 0 Å². The molecule has 2 nitrogen and oxygen atoms in total. The molecule has 3 aromatic rings. The molecule has 1 heterocycles. The highest BCUT2D eigenvalue weighted by atomic mass is 16.5. The van der Waals surface area contributed by atoms with E-state index in [4.69, 9.17) is 4.74 Å². The van der Waals surface area contributed by atoms with Crippen LogP contribution in [0, 0.1) is 0 Å². The van der Waals surface area contributed by atoms with E-state index in [0.717, 1.165) is 33.2 Å². The average molecular weight is 316 g/mol. The van der Waals surface area contributed by atoms with Gasteiger partial charge in [0.25, 0.3) is 0 Å². The van der Waals surface area contributed by atoms with Crippen molar-refractivity contribution in [2.24, 2.45) is 0 Å². The molecule has 0 saturated carbocycles. The molecular weight excluding hydrogens is 296 g/mol. The van der Waals surface area contributed by atoms with Gasteiger partial charge in [0.05, 0.1) is 0 Å². The van der Waals surface area contributed by atoms with Crippen LogP contribution in [0.15, 0.2) is 66.7 Å². The number of rotatable bonds is 3. The van der Waals surface area contributed by atoms with Gasteiger partial charge in [-0.25, -0.2) is 0 Å². The zero-order valence-corrected chi connectivity index (χ0v) is 13.7. The lowest BCUT2D eigenvalue weighted by Crippen LogP contribution is -2.29. The molecule has 0 saturated heterocycles. The molecule has 0 radical (unpaired) electrons. The molecule has 0 aromatic heterocycles. The molecule has 1 atom stereocenters. The van der Waals surface area contributed by atoms with Crippen LogP contribution in [-0.4, -0.2) is 11.7 Å². The van der Waals surface area contributed by atoms with Gasteiger partial charge in [-0.3, -0.25) is 0 Å². The van der Waals surface area contributed by atoms with E-state index in [9.17, 15) is 5.11 Å². The molecule has 1 N–H and O–H groups in total. The van der Waals surface area contributed by atoms with Gasteiger partial charge in [-0.05, 0) is 35.9 Å². The molecular formula is C22H20O2. The minimum Gasteiger partial charge on any atom is -0.477 e. The predicted molar refractivity (Wildman–Crippen MR) is 98.2 cm³/mol. The Labute approximate surface area is 142 Å². The Morgan fingerprint density at radius 1 is 1.00 bits per heavy atom. The van der Waals surface area contributed by atoms with Gasteiger partial charge in [0.2, 0.25) is 0 Å². The van der Waals surface area contributed by atoms with Crippen molar-refractivity contribution in [3.8, 4) is 5.75 Å². The largest absolute Gasteiger partial charge is 0.477 e. The van der Waals surface area contributed by atoms with E-state index in [-0.39, 0.29) is 6.61 Å². The Morgan fingerprint density at radius 3 is 2.54 bits per heavy atom. The summed E-state index contributed by atoms with van der Waals surface area (Å²) in [4.78, 5) is 0. The second-order valence-electron chi connectivity index (χ2n) is 6.38. The molecule has 0 amide bonds. The lowest BCUT2D eigenvalue weighted by Gasteiger charge is -2.33. The Hall–Kier alpha value is -2.58. The van der Waals surface area contributed by atoms with Crippen LogP contribution in [0.3, 0.4) is 0 Å². The predicted octanol–water partition coefficient (Wildman–Crippen LogP) is 4.70. The van der Waals surface area contributed by atoms with E-state index < -0.39 is 5.60 Å². The van der Waals surface area contributed by atoms with Crippen LogP contribution < -0.4 is 4.74 Å². The van der Waals surface area contributed by atoms with Crippen LogP contribution >= 0.6 is 0 Å². The van der Waals surface area contributed by atoms with Gasteiger partial charge in [-0.1, -0.05) is 66.7 Å². The standard InChI is InChI=1S/C22H20O2/c1-22(18-8-3-2-4-9-18)13-11-20-17(12-14-23)15-16-7-5-6-10-19(16)21(20)24-22/h2-11,13,15,23H,12,14H2,1H3. The summed E-state index contributed by atoms with van der Waals surface area (Å²) in [5.74, 6) is 0.908. The average Bonchev–Trinajstić information content (AvgIpc) is 2.63. The van der Waals surface area contributed by atoms with Crippen molar-refractivity contribution in [1.29, 1.82) is 0 Å². The first-order chi connectivity index (χ1) is 11.7. The normalized spacial score (nSPS) is 19.1. The summed E-state index contributed by atoms with van der Waals surface area (Å²) in [6, 6.07) is 20.7. The molecule has 0 aliphatic carbocycles. The fourth-order valence-corrected chi connectivity index (χ4v) is 3.42. The second kappa shape index (κ2) is 5.81. The number of fused-ring (bicyclic) bond motifs is 3. The summed E-state index contributed by atoms with van der Waals surface area (Å²) < 4.78 is 6.54. The highest BCUT2D eigenvalue weighted by Gasteiger charge is 2.31. The summed E-state index contributed by atoms with van der Waals surface area (Å²) in [5, 5.41) is 11.7. The Balaban J connectivity index is 1.92. The van der Waals surface area contributed by atoms with Crippen molar-refractivity contribution in [2.45, 2.75) is 18.9 Å². The fourth-order valence-electron chi connectivity index (χ4n) is 3.42. The summed E-state index contributed by atoms with van der Waals surface area (Å²) in [5.41, 5.74) is 2.84. The topological polar surface area (TPSA) is 29.5 Å². The lowest BCUT2D eigenvalue weighted by molar-refractivity contribution is 0.140. The minimum atomic E-state index is -0.491. The van der Waals surface area contributed by atoms with Gasteiger partial charge in [0.15, 0.2) is 0 Å². The molecule has 0 fully saturated rings. The number of hydrogen-bond donors (Lipinski definition) is 1. The number of aliphatic hydroxyl groups excluding tert-OH is 1. The van der Waals surface area contributed by atoms with Crippen LogP contribution in [0.4, 0.5) is 0 Å². The summed E-state index contributed by atoms with van der Waals surface area (Å²) in [6.07, 6.45) is 4.88. The molecule has 0 bridgehead atoms. The Morgan fingerprint density at radius 2 is 1.75 bits per heavy atom. The third-order valence-corrected chi connectivity index (χ3v) is 4.74. The van der Waals surface area contributed by atoms with Crippen LogP contribution in [-0.2, 0) is 12.0 Å². The van der Waals surface area contributed by atoms with E-state index in [1.165, 1.54) is 0 Å². The summed E-state index contributed by atoms with van der Waals surface area (Å²) in [6.45, 7) is 2.23. The molecule has 1 aliphatic heterocycles. The third kappa shape index (κ3) is 2.40. The first-order valence-electron chi connectivity index (χ1n) is 8.30. The van der Waals surface area contributed by atoms with Gasteiger partial charge in [-0.15, -0.1) is 0 Å². The number of hydrogen-bond acceptors (Lipinski definition) is 2. The number of ether oxygens (including phenoxy) is 1. The molecule has 3 aromatic carbocycles. The highest BCUT2D eigenvalue weighted by molar-refractivity contribution is 5.93. The number of benzene rings is 3. The third-order valence-electron chi connectivity index (χ3n) is 4.74. The Kier molecular flexibility index (Phi) is 3.62. The molecule has 120 valence electrons. The van der Waals surface area contributed by atoms with E-state index in [2.05, 4.69) is 49.4 Å². The molecule has 24 heavy (non-hydrogen) atoms. The molecule has 0 spiro atoms. The first-order valence-corrected chi connectivity index (χ1v) is 8.30. The van der Waals surface area contributed by atoms with Crippen LogP contribution in [0.5, 0.6) is 5.75 Å². The molecule has 2 heteroatoms. The van der Waals surface area contributed by atoms with Crippen molar-refractivity contribution in [1.82, 2.24) is 0 Å². The first kappa shape index (κ1) is 15.0. The van der Waals surface area contributed by atoms with Crippen LogP contribution in [0.2, 0.25) is 0 Å². The summed E-state index contributed by atoms with van der Waals surface area (Å²) in [7, 11) is 0. The van der Waals surface area contributed by atoms with Crippen LogP contribution in [0.25, 0.3) is 16.8 Å². The number of aliphatic hydroxyl groups is 1. The van der Waals surface area contributed by atoms with Crippen molar-refractivity contribution < 1.29 is 9.84 Å². The van der Waals surface area contributed by atoms with Crippen molar-refractivity contribution in [2.75, 3.05) is 6.61 Å². The minimum absolute atomic E-state index is 0.134. The zero-order valence-electron chi connectivity index (χ0n) is 13.7. The Bertz CT molecular complexity index is 912. The van der Waals surface area contributed by atoms with Crippen molar-refractivity contribution >= 4 is 16.8 Å². The SMILES string of the molecule is CC1(c2ccccc2)C=Cc2c(CCO)cc3ccccc3c2O1. The van der Waals surface area contributed by atoms with E-state index in [1.807, 2.05) is 30.3 Å². The smallest absolute Gasteiger partial charge is 0.150 e. The van der Waals surface area contributed by atoms with Gasteiger partial charge < -0.3 is 9.84 Å². The maximum absolute atomic E-state index is 9.41. The van der Waals surface area contributed by atoms with Gasteiger partial charge in [-0.2, -0.15) is 0 Å². The maximum atomic E-state index is 9.41. The zero-order chi connectivity index (χ0) is 16.6. The second-order valence-corrected chi connectivity index (χ2v) is 6.38. The molecule has 1 unspecified atom stereocenters.